The van der Waals surface area contributed by atoms with E-state index in [9.17, 15) is 14.4 Å². The summed E-state index contributed by atoms with van der Waals surface area (Å²) in [6.07, 6.45) is -1.04. The van der Waals surface area contributed by atoms with Crippen LogP contribution in [0.2, 0.25) is 0 Å². The van der Waals surface area contributed by atoms with Crippen molar-refractivity contribution < 1.29 is 19.1 Å². The molecule has 2 N–H and O–H groups in total. The molecule has 0 unspecified atom stereocenters. The Kier molecular flexibility index (Phi) is 9.02. The first-order valence-electron chi connectivity index (χ1n) is 11.0. The van der Waals surface area contributed by atoms with Gasteiger partial charge in [-0.25, -0.2) is 4.79 Å². The summed E-state index contributed by atoms with van der Waals surface area (Å²) in [6.45, 7) is 7.08. The van der Waals surface area contributed by atoms with Gasteiger partial charge in [-0.3, -0.25) is 14.9 Å². The maximum Gasteiger partial charge on any atom is 0.412 e. The Morgan fingerprint density at radius 2 is 1.80 bits per heavy atom. The highest BCUT2D eigenvalue weighted by atomic mass is 127. The van der Waals surface area contributed by atoms with Crippen molar-refractivity contribution in [3.05, 3.63) is 51.1 Å². The van der Waals surface area contributed by atoms with Gasteiger partial charge in [0.2, 0.25) is 5.91 Å². The standard InChI is InChI=1S/C25H27IN4O4S/c1-25(2,3)34-24(33)29-20-13-21(30-7-9-35-10-8-30)18(26)12-19(20)28-23(32)14-22(31)17-6-4-5-16(11-17)15-27/h4-6,11-13H,7-10,14H2,1-3H3,(H,28,32)(H,29,33). The van der Waals surface area contributed by atoms with E-state index in [0.717, 1.165) is 33.9 Å². The van der Waals surface area contributed by atoms with Crippen molar-refractivity contribution in [3.63, 3.8) is 0 Å². The second-order valence-electron chi connectivity index (χ2n) is 8.92. The summed E-state index contributed by atoms with van der Waals surface area (Å²) >= 11 is 4.11. The first-order chi connectivity index (χ1) is 16.6. The van der Waals surface area contributed by atoms with Crippen molar-refractivity contribution in [3.8, 4) is 6.07 Å². The summed E-state index contributed by atoms with van der Waals surface area (Å²) < 4.78 is 6.31. The lowest BCUT2D eigenvalue weighted by atomic mass is 10.1. The molecule has 2 aromatic rings. The summed E-state index contributed by atoms with van der Waals surface area (Å²) in [7, 11) is 0. The molecule has 0 atom stereocenters. The predicted molar refractivity (Wildman–Crippen MR) is 147 cm³/mol. The van der Waals surface area contributed by atoms with Gasteiger partial charge >= 0.3 is 6.09 Å². The van der Waals surface area contributed by atoms with Gasteiger partial charge in [0.05, 0.1) is 35.1 Å². The van der Waals surface area contributed by atoms with E-state index in [1.54, 1.807) is 45.0 Å². The van der Waals surface area contributed by atoms with Gasteiger partial charge in [0.15, 0.2) is 5.78 Å². The molecule has 10 heteroatoms. The van der Waals surface area contributed by atoms with Crippen LogP contribution in [0, 0.1) is 14.9 Å². The summed E-state index contributed by atoms with van der Waals surface area (Å²) in [5.41, 5.74) is 1.67. The van der Waals surface area contributed by atoms with E-state index in [1.807, 2.05) is 23.9 Å². The number of anilines is 3. The van der Waals surface area contributed by atoms with Crippen molar-refractivity contribution in [2.45, 2.75) is 32.8 Å². The zero-order valence-corrected chi connectivity index (χ0v) is 22.8. The largest absolute Gasteiger partial charge is 0.444 e. The Hall–Kier alpha value is -2.78. The predicted octanol–water partition coefficient (Wildman–Crippen LogP) is 5.27. The quantitative estimate of drug-likeness (QED) is 0.262. The van der Waals surface area contributed by atoms with E-state index >= 15 is 0 Å². The average molecular weight is 606 g/mol. The molecule has 0 bridgehead atoms. The minimum atomic E-state index is -0.687. The Balaban J connectivity index is 1.83. The minimum Gasteiger partial charge on any atom is -0.444 e. The van der Waals surface area contributed by atoms with Gasteiger partial charge in [-0.05, 0) is 67.6 Å². The van der Waals surface area contributed by atoms with Gasteiger partial charge in [0, 0.05) is 33.7 Å². The number of carbonyl (C=O) groups excluding carboxylic acids is 3. The third-order valence-electron chi connectivity index (χ3n) is 4.98. The van der Waals surface area contributed by atoms with Gasteiger partial charge in [-0.1, -0.05) is 12.1 Å². The average Bonchev–Trinajstić information content (AvgIpc) is 2.80. The van der Waals surface area contributed by atoms with Gasteiger partial charge in [-0.2, -0.15) is 17.0 Å². The number of hydrogen-bond acceptors (Lipinski definition) is 7. The molecule has 184 valence electrons. The van der Waals surface area contributed by atoms with E-state index < -0.39 is 29.8 Å². The Labute approximate surface area is 222 Å². The molecule has 8 nitrogen and oxygen atoms in total. The molecule has 0 spiro atoms. The van der Waals surface area contributed by atoms with Crippen molar-refractivity contribution in [1.29, 1.82) is 5.26 Å². The third kappa shape index (κ3) is 7.86. The van der Waals surface area contributed by atoms with E-state index in [-0.39, 0.29) is 0 Å². The number of nitriles is 1. The number of halogens is 1. The first-order valence-corrected chi connectivity index (χ1v) is 13.3. The van der Waals surface area contributed by atoms with Crippen molar-refractivity contribution in [2.75, 3.05) is 40.1 Å². The van der Waals surface area contributed by atoms with Crippen molar-refractivity contribution >= 4 is 69.2 Å². The number of carbonyl (C=O) groups is 3. The fraction of sp³-hybridized carbons (Fsp3) is 0.360. The topological polar surface area (TPSA) is 112 Å². The summed E-state index contributed by atoms with van der Waals surface area (Å²) in [4.78, 5) is 40.1. The number of nitrogens with one attached hydrogen (secondary N) is 2. The molecule has 35 heavy (non-hydrogen) atoms. The number of hydrogen-bond donors (Lipinski definition) is 2. The Bertz CT molecular complexity index is 1170. The molecular weight excluding hydrogens is 579 g/mol. The smallest absolute Gasteiger partial charge is 0.412 e. The molecule has 0 radical (unpaired) electrons. The van der Waals surface area contributed by atoms with E-state index in [0.29, 0.717) is 22.5 Å². The number of Topliss-reactive ketones (excluding diaryl/α,β-unsaturated/α-hetero) is 1. The molecule has 2 amide bonds. The van der Waals surface area contributed by atoms with Gasteiger partial charge < -0.3 is 15.0 Å². The molecule has 1 saturated heterocycles. The highest BCUT2D eigenvalue weighted by molar-refractivity contribution is 14.1. The molecule has 3 rings (SSSR count). The fourth-order valence-electron chi connectivity index (χ4n) is 3.43. The molecule has 1 aliphatic rings. The highest BCUT2D eigenvalue weighted by Gasteiger charge is 2.22. The van der Waals surface area contributed by atoms with Crippen LogP contribution in [-0.4, -0.2) is 48.0 Å². The molecule has 1 aliphatic heterocycles. The van der Waals surface area contributed by atoms with Crippen LogP contribution in [0.5, 0.6) is 0 Å². The summed E-state index contributed by atoms with van der Waals surface area (Å²) in [6, 6.07) is 11.8. The van der Waals surface area contributed by atoms with E-state index in [2.05, 4.69) is 38.1 Å². The zero-order valence-electron chi connectivity index (χ0n) is 19.8. The molecule has 0 aliphatic carbocycles. The minimum absolute atomic E-state index is 0.291. The molecule has 1 fully saturated rings. The second-order valence-corrected chi connectivity index (χ2v) is 11.3. The van der Waals surface area contributed by atoms with Crippen LogP contribution in [0.4, 0.5) is 21.9 Å². The second kappa shape index (κ2) is 11.8. The SMILES string of the molecule is CC(C)(C)OC(=O)Nc1cc(N2CCSCC2)c(I)cc1NC(=O)CC(=O)c1cccc(C#N)c1. The zero-order chi connectivity index (χ0) is 25.6. The highest BCUT2D eigenvalue weighted by Crippen LogP contribution is 2.34. The van der Waals surface area contributed by atoms with E-state index in [4.69, 9.17) is 10.00 Å². The maximum atomic E-state index is 12.8. The molecule has 0 aromatic heterocycles. The number of benzene rings is 2. The van der Waals surface area contributed by atoms with Crippen LogP contribution in [0.1, 0.15) is 43.1 Å². The lowest BCUT2D eigenvalue weighted by Gasteiger charge is -2.30. The monoisotopic (exact) mass is 606 g/mol. The Morgan fingerprint density at radius 1 is 1.11 bits per heavy atom. The normalized spacial score (nSPS) is 13.5. The first kappa shape index (κ1) is 26.8. The van der Waals surface area contributed by atoms with Crippen molar-refractivity contribution in [2.24, 2.45) is 0 Å². The van der Waals surface area contributed by atoms with Crippen LogP contribution in [-0.2, 0) is 9.53 Å². The van der Waals surface area contributed by atoms with Gasteiger partial charge in [0.25, 0.3) is 0 Å². The fourth-order valence-corrected chi connectivity index (χ4v) is 5.14. The van der Waals surface area contributed by atoms with Gasteiger partial charge in [0.1, 0.15) is 5.60 Å². The Morgan fingerprint density at radius 3 is 2.46 bits per heavy atom. The number of thioether (sulfide) groups is 1. The van der Waals surface area contributed by atoms with Crippen LogP contribution in [0.3, 0.4) is 0 Å². The van der Waals surface area contributed by atoms with Crippen LogP contribution in [0.25, 0.3) is 0 Å². The van der Waals surface area contributed by atoms with Crippen molar-refractivity contribution in [1.82, 2.24) is 0 Å². The van der Waals surface area contributed by atoms with E-state index in [1.165, 1.54) is 6.07 Å². The summed E-state index contributed by atoms with van der Waals surface area (Å²) in [5.74, 6) is 1.10. The lowest BCUT2D eigenvalue weighted by molar-refractivity contribution is -0.115. The summed E-state index contributed by atoms with van der Waals surface area (Å²) in [5, 5.41) is 14.5. The van der Waals surface area contributed by atoms with Gasteiger partial charge in [-0.15, -0.1) is 0 Å². The third-order valence-corrected chi connectivity index (χ3v) is 6.79. The van der Waals surface area contributed by atoms with Crippen LogP contribution < -0.4 is 15.5 Å². The van der Waals surface area contributed by atoms with Crippen LogP contribution in [0.15, 0.2) is 36.4 Å². The number of amides is 2. The number of nitrogens with zero attached hydrogens (tertiary/aromatic N) is 2. The molecule has 1 heterocycles. The lowest BCUT2D eigenvalue weighted by Crippen LogP contribution is -2.33. The number of rotatable bonds is 6. The number of ketones is 1. The molecular formula is C25H27IN4O4S. The molecule has 0 saturated carbocycles. The molecule has 2 aromatic carbocycles. The van der Waals surface area contributed by atoms with Crippen LogP contribution >= 0.6 is 34.4 Å². The maximum absolute atomic E-state index is 12.8. The number of ether oxygens (including phenoxy) is 1.